The van der Waals surface area contributed by atoms with E-state index in [1.54, 1.807) is 22.9 Å². The molecular weight excluding hydrogens is 328 g/mol. The molecule has 0 aliphatic rings. The maximum Gasteiger partial charge on any atom is 0.242 e. The summed E-state index contributed by atoms with van der Waals surface area (Å²) in [4.78, 5) is 25.8. The number of aromatic nitrogens is 2. The second-order valence-corrected chi connectivity index (χ2v) is 6.63. The minimum absolute atomic E-state index is 0.0624. The Morgan fingerprint density at radius 1 is 1.12 bits per heavy atom. The number of hydrogen-bond acceptors (Lipinski definition) is 3. The fourth-order valence-corrected chi connectivity index (χ4v) is 3.01. The van der Waals surface area contributed by atoms with Crippen molar-refractivity contribution in [3.8, 4) is 0 Å². The topological polar surface area (TPSA) is 68.4 Å². The van der Waals surface area contributed by atoms with Gasteiger partial charge in [0, 0.05) is 5.39 Å². The Hall–Kier alpha value is -2.99. The van der Waals surface area contributed by atoms with Crippen molar-refractivity contribution in [3.63, 3.8) is 0 Å². The van der Waals surface area contributed by atoms with Crippen molar-refractivity contribution in [2.24, 2.45) is 0 Å². The van der Waals surface area contributed by atoms with Crippen LogP contribution in [0.3, 0.4) is 0 Å². The minimum atomic E-state index is -0.143. The van der Waals surface area contributed by atoms with Crippen LogP contribution in [0.1, 0.15) is 11.6 Å². The molecule has 134 valence electrons. The van der Waals surface area contributed by atoms with Gasteiger partial charge >= 0.3 is 0 Å². The SMILES string of the molecule is C[NH+](C)C[C@H](NC(=O)Cn1ncc(=O)c2ccccc21)c1ccccc1. The molecule has 0 spiro atoms. The Morgan fingerprint density at radius 2 is 1.81 bits per heavy atom. The molecule has 0 saturated heterocycles. The molecule has 26 heavy (non-hydrogen) atoms. The Morgan fingerprint density at radius 3 is 2.54 bits per heavy atom. The van der Waals surface area contributed by atoms with Gasteiger partial charge in [-0.1, -0.05) is 42.5 Å². The minimum Gasteiger partial charge on any atom is -0.342 e. The molecular formula is C20H23N4O2+. The van der Waals surface area contributed by atoms with Crippen molar-refractivity contribution < 1.29 is 9.69 Å². The first kappa shape index (κ1) is 17.8. The highest BCUT2D eigenvalue weighted by molar-refractivity contribution is 5.81. The third kappa shape index (κ3) is 4.15. The Labute approximate surface area is 152 Å². The lowest BCUT2D eigenvalue weighted by atomic mass is 10.1. The van der Waals surface area contributed by atoms with Gasteiger partial charge in [-0.2, -0.15) is 5.10 Å². The third-order valence-electron chi connectivity index (χ3n) is 4.20. The van der Waals surface area contributed by atoms with Crippen LogP contribution in [0.4, 0.5) is 0 Å². The quantitative estimate of drug-likeness (QED) is 0.675. The lowest BCUT2D eigenvalue weighted by Crippen LogP contribution is -3.06. The van der Waals surface area contributed by atoms with Crippen LogP contribution < -0.4 is 15.6 Å². The van der Waals surface area contributed by atoms with Crippen LogP contribution in [-0.4, -0.2) is 36.3 Å². The van der Waals surface area contributed by atoms with Gasteiger partial charge in [-0.3, -0.25) is 14.3 Å². The van der Waals surface area contributed by atoms with Gasteiger partial charge < -0.3 is 10.2 Å². The van der Waals surface area contributed by atoms with E-state index in [9.17, 15) is 9.59 Å². The van der Waals surface area contributed by atoms with E-state index < -0.39 is 0 Å². The van der Waals surface area contributed by atoms with Crippen molar-refractivity contribution >= 4 is 16.8 Å². The summed E-state index contributed by atoms with van der Waals surface area (Å²) in [5.74, 6) is -0.138. The van der Waals surface area contributed by atoms with E-state index in [0.29, 0.717) is 10.9 Å². The molecule has 2 N–H and O–H groups in total. The van der Waals surface area contributed by atoms with E-state index in [4.69, 9.17) is 0 Å². The second-order valence-electron chi connectivity index (χ2n) is 6.63. The first-order valence-electron chi connectivity index (χ1n) is 8.63. The van der Waals surface area contributed by atoms with Crippen LogP contribution in [0.15, 0.2) is 65.6 Å². The largest absolute Gasteiger partial charge is 0.342 e. The van der Waals surface area contributed by atoms with Crippen molar-refractivity contribution in [2.75, 3.05) is 20.6 Å². The second kappa shape index (κ2) is 7.93. The number of carbonyl (C=O) groups is 1. The first-order chi connectivity index (χ1) is 12.5. The molecule has 1 atom stereocenters. The zero-order chi connectivity index (χ0) is 18.5. The van der Waals surface area contributed by atoms with Crippen LogP contribution in [0.5, 0.6) is 0 Å². The normalized spacial score (nSPS) is 12.3. The number of benzene rings is 2. The summed E-state index contributed by atoms with van der Waals surface area (Å²) >= 11 is 0. The van der Waals surface area contributed by atoms with Gasteiger partial charge in [0.05, 0.1) is 25.8 Å². The monoisotopic (exact) mass is 351 g/mol. The molecule has 6 nitrogen and oxygen atoms in total. The summed E-state index contributed by atoms with van der Waals surface area (Å²) in [5, 5.41) is 7.78. The molecule has 0 unspecified atom stereocenters. The number of quaternary nitrogens is 1. The van der Waals surface area contributed by atoms with Crippen molar-refractivity contribution in [1.82, 2.24) is 15.1 Å². The van der Waals surface area contributed by atoms with Crippen molar-refractivity contribution in [1.29, 1.82) is 0 Å². The van der Waals surface area contributed by atoms with E-state index in [1.807, 2.05) is 36.4 Å². The number of hydrogen-bond donors (Lipinski definition) is 2. The molecule has 3 rings (SSSR count). The van der Waals surface area contributed by atoms with Crippen LogP contribution in [-0.2, 0) is 11.3 Å². The van der Waals surface area contributed by atoms with Crippen LogP contribution in [0.2, 0.25) is 0 Å². The van der Waals surface area contributed by atoms with Gasteiger partial charge in [0.2, 0.25) is 11.3 Å². The number of rotatable bonds is 6. The Bertz CT molecular complexity index is 951. The lowest BCUT2D eigenvalue weighted by molar-refractivity contribution is -0.860. The molecule has 2 aromatic carbocycles. The smallest absolute Gasteiger partial charge is 0.242 e. The van der Waals surface area contributed by atoms with E-state index >= 15 is 0 Å². The molecule has 0 bridgehead atoms. The average Bonchev–Trinajstić information content (AvgIpc) is 2.64. The molecule has 0 aliphatic carbocycles. The van der Waals surface area contributed by atoms with E-state index in [2.05, 4.69) is 24.5 Å². The molecule has 3 aromatic rings. The number of fused-ring (bicyclic) bond motifs is 1. The predicted molar refractivity (Wildman–Crippen MR) is 101 cm³/mol. The zero-order valence-electron chi connectivity index (χ0n) is 15.0. The molecule has 0 aliphatic heterocycles. The van der Waals surface area contributed by atoms with Crippen molar-refractivity contribution in [3.05, 3.63) is 76.6 Å². The number of carbonyl (C=O) groups excluding carboxylic acids is 1. The van der Waals surface area contributed by atoms with Gasteiger partial charge in [-0.25, -0.2) is 0 Å². The van der Waals surface area contributed by atoms with Crippen LogP contribution in [0, 0.1) is 0 Å². The first-order valence-corrected chi connectivity index (χ1v) is 8.63. The van der Waals surface area contributed by atoms with Crippen LogP contribution in [0.25, 0.3) is 10.9 Å². The lowest BCUT2D eigenvalue weighted by Gasteiger charge is -2.21. The summed E-state index contributed by atoms with van der Waals surface area (Å²) in [6, 6.07) is 17.0. The Balaban J connectivity index is 1.81. The van der Waals surface area contributed by atoms with Crippen molar-refractivity contribution in [2.45, 2.75) is 12.6 Å². The molecule has 6 heteroatoms. The summed E-state index contributed by atoms with van der Waals surface area (Å²) in [5.41, 5.74) is 1.58. The number of likely N-dealkylation sites (N-methyl/N-ethyl adjacent to an activating group) is 1. The number of nitrogens with one attached hydrogen (secondary N) is 2. The predicted octanol–water partition coefficient (Wildman–Crippen LogP) is 0.399. The highest BCUT2D eigenvalue weighted by atomic mass is 16.2. The zero-order valence-corrected chi connectivity index (χ0v) is 15.0. The highest BCUT2D eigenvalue weighted by Gasteiger charge is 2.18. The fourth-order valence-electron chi connectivity index (χ4n) is 3.01. The summed E-state index contributed by atoms with van der Waals surface area (Å²) in [7, 11) is 4.11. The van der Waals surface area contributed by atoms with Gasteiger partial charge in [-0.15, -0.1) is 0 Å². The van der Waals surface area contributed by atoms with Crippen LogP contribution >= 0.6 is 0 Å². The van der Waals surface area contributed by atoms with Gasteiger partial charge in [0.15, 0.2) is 0 Å². The number of para-hydroxylation sites is 1. The van der Waals surface area contributed by atoms with Gasteiger partial charge in [-0.05, 0) is 17.7 Å². The molecule has 1 aromatic heterocycles. The average molecular weight is 351 g/mol. The number of amides is 1. The maximum atomic E-state index is 12.6. The van der Waals surface area contributed by atoms with E-state index in [0.717, 1.165) is 12.1 Å². The van der Waals surface area contributed by atoms with E-state index in [-0.39, 0.29) is 23.9 Å². The van der Waals surface area contributed by atoms with E-state index in [1.165, 1.54) is 11.1 Å². The summed E-state index contributed by atoms with van der Waals surface area (Å²) in [6.45, 7) is 0.834. The highest BCUT2D eigenvalue weighted by Crippen LogP contribution is 2.11. The van der Waals surface area contributed by atoms with Gasteiger partial charge in [0.25, 0.3) is 0 Å². The molecule has 1 heterocycles. The Kier molecular flexibility index (Phi) is 5.43. The summed E-state index contributed by atoms with van der Waals surface area (Å²) in [6.07, 6.45) is 1.26. The molecule has 0 radical (unpaired) electrons. The molecule has 1 amide bonds. The molecule has 0 saturated carbocycles. The fraction of sp³-hybridized carbons (Fsp3) is 0.250. The third-order valence-corrected chi connectivity index (χ3v) is 4.20. The maximum absolute atomic E-state index is 12.6. The molecule has 0 fully saturated rings. The standard InChI is InChI=1S/C20H22N4O2/c1-23(2)13-17(15-8-4-3-5-9-15)22-20(26)14-24-18-11-7-6-10-16(18)19(25)12-21-24/h3-12,17H,13-14H2,1-2H3,(H,22,26)/p+1/t17-/m0/s1. The number of nitrogens with zero attached hydrogens (tertiary/aromatic N) is 2. The van der Waals surface area contributed by atoms with Gasteiger partial charge in [0.1, 0.15) is 19.1 Å². The summed E-state index contributed by atoms with van der Waals surface area (Å²) < 4.78 is 1.57.